The predicted octanol–water partition coefficient (Wildman–Crippen LogP) is 4.02. The monoisotopic (exact) mass is 274 g/mol. The van der Waals surface area contributed by atoms with E-state index in [0.717, 1.165) is 24.4 Å². The van der Waals surface area contributed by atoms with E-state index in [0.29, 0.717) is 6.04 Å². The van der Waals surface area contributed by atoms with E-state index in [9.17, 15) is 0 Å². The van der Waals surface area contributed by atoms with Crippen LogP contribution >= 0.6 is 11.6 Å². The zero-order chi connectivity index (χ0) is 13.5. The Morgan fingerprint density at radius 3 is 2.68 bits per heavy atom. The van der Waals surface area contributed by atoms with Gasteiger partial charge in [-0.3, -0.25) is 4.98 Å². The molecule has 0 spiro atoms. The largest absolute Gasteiger partial charge is 0.310 e. The fourth-order valence-corrected chi connectivity index (χ4v) is 2.42. The highest BCUT2D eigenvalue weighted by atomic mass is 35.5. The highest BCUT2D eigenvalue weighted by Gasteiger charge is 2.10. The maximum atomic E-state index is 6.07. The quantitative estimate of drug-likeness (QED) is 0.861. The van der Waals surface area contributed by atoms with Crippen molar-refractivity contribution in [3.05, 3.63) is 64.9 Å². The smallest absolute Gasteiger partial charge is 0.0409 e. The molecule has 1 heterocycles. The summed E-state index contributed by atoms with van der Waals surface area (Å²) in [6.07, 6.45) is 5.78. The zero-order valence-electron chi connectivity index (χ0n) is 11.1. The molecular weight excluding hydrogens is 256 g/mol. The van der Waals surface area contributed by atoms with Gasteiger partial charge in [0.15, 0.2) is 0 Å². The van der Waals surface area contributed by atoms with Gasteiger partial charge in [0, 0.05) is 23.5 Å². The van der Waals surface area contributed by atoms with Crippen LogP contribution in [0.15, 0.2) is 48.8 Å². The van der Waals surface area contributed by atoms with Crippen LogP contribution in [-0.4, -0.2) is 11.5 Å². The lowest BCUT2D eigenvalue weighted by molar-refractivity contribution is 0.515. The van der Waals surface area contributed by atoms with Gasteiger partial charge in [-0.15, -0.1) is 0 Å². The number of rotatable bonds is 6. The molecule has 0 aliphatic carbocycles. The van der Waals surface area contributed by atoms with Gasteiger partial charge < -0.3 is 5.32 Å². The molecule has 1 aromatic heterocycles. The summed E-state index contributed by atoms with van der Waals surface area (Å²) < 4.78 is 0. The van der Waals surface area contributed by atoms with Crippen molar-refractivity contribution in [1.29, 1.82) is 0 Å². The summed E-state index contributed by atoms with van der Waals surface area (Å²) >= 11 is 6.07. The first-order valence-electron chi connectivity index (χ1n) is 6.67. The Labute approximate surface area is 119 Å². The third-order valence-corrected chi connectivity index (χ3v) is 3.41. The van der Waals surface area contributed by atoms with Crippen molar-refractivity contribution in [2.75, 3.05) is 6.54 Å². The topological polar surface area (TPSA) is 24.9 Å². The maximum Gasteiger partial charge on any atom is 0.0409 e. The lowest BCUT2D eigenvalue weighted by Gasteiger charge is -2.18. The molecule has 0 saturated heterocycles. The van der Waals surface area contributed by atoms with Crippen LogP contribution in [0.1, 0.15) is 30.5 Å². The lowest BCUT2D eigenvalue weighted by Crippen LogP contribution is -2.21. The Balaban J connectivity index is 2.04. The molecule has 2 nitrogen and oxygen atoms in total. The Bertz CT molecular complexity index is 499. The second-order valence-electron chi connectivity index (χ2n) is 4.56. The van der Waals surface area contributed by atoms with Crippen molar-refractivity contribution in [2.24, 2.45) is 0 Å². The van der Waals surface area contributed by atoms with Crippen molar-refractivity contribution in [2.45, 2.75) is 25.8 Å². The molecule has 1 atom stereocenters. The lowest BCUT2D eigenvalue weighted by atomic mass is 9.99. The van der Waals surface area contributed by atoms with E-state index in [4.69, 9.17) is 11.6 Å². The van der Waals surface area contributed by atoms with Crippen molar-refractivity contribution < 1.29 is 0 Å². The van der Waals surface area contributed by atoms with E-state index in [1.165, 1.54) is 11.1 Å². The molecule has 2 rings (SSSR count). The van der Waals surface area contributed by atoms with Crippen molar-refractivity contribution >= 4 is 11.6 Å². The minimum Gasteiger partial charge on any atom is -0.310 e. The van der Waals surface area contributed by atoms with E-state index in [-0.39, 0.29) is 0 Å². The molecule has 0 amide bonds. The standard InChI is InChI=1S/C16H19ClN2/c1-2-19-16(14-4-3-5-15(17)12-14)7-6-13-8-10-18-11-9-13/h3-5,8-12,16,19H,2,6-7H2,1H3. The number of hydrogen-bond acceptors (Lipinski definition) is 2. The molecule has 1 aromatic carbocycles. The SMILES string of the molecule is CCNC(CCc1ccncc1)c1cccc(Cl)c1. The molecule has 0 fully saturated rings. The van der Waals surface area contributed by atoms with E-state index >= 15 is 0 Å². The summed E-state index contributed by atoms with van der Waals surface area (Å²) in [7, 11) is 0. The first-order chi connectivity index (χ1) is 9.29. The molecule has 2 aromatic rings. The number of nitrogens with zero attached hydrogens (tertiary/aromatic N) is 1. The van der Waals surface area contributed by atoms with Crippen LogP contribution < -0.4 is 5.32 Å². The molecule has 1 N–H and O–H groups in total. The molecule has 1 unspecified atom stereocenters. The molecule has 0 saturated carbocycles. The third-order valence-electron chi connectivity index (χ3n) is 3.17. The van der Waals surface area contributed by atoms with Gasteiger partial charge >= 0.3 is 0 Å². The first-order valence-corrected chi connectivity index (χ1v) is 7.05. The molecule has 0 bridgehead atoms. The number of nitrogens with one attached hydrogen (secondary N) is 1. The predicted molar refractivity (Wildman–Crippen MR) is 80.4 cm³/mol. The molecule has 0 aliphatic rings. The van der Waals surface area contributed by atoms with Crippen molar-refractivity contribution in [1.82, 2.24) is 10.3 Å². The second kappa shape index (κ2) is 7.27. The van der Waals surface area contributed by atoms with Crippen LogP contribution in [0.3, 0.4) is 0 Å². The maximum absolute atomic E-state index is 6.07. The number of pyridine rings is 1. The van der Waals surface area contributed by atoms with Gasteiger partial charge in [0.25, 0.3) is 0 Å². The van der Waals surface area contributed by atoms with Crippen LogP contribution in [0, 0.1) is 0 Å². The summed E-state index contributed by atoms with van der Waals surface area (Å²) in [5.74, 6) is 0. The van der Waals surface area contributed by atoms with Crippen molar-refractivity contribution in [3.8, 4) is 0 Å². The highest BCUT2D eigenvalue weighted by Crippen LogP contribution is 2.22. The number of hydrogen-bond donors (Lipinski definition) is 1. The van der Waals surface area contributed by atoms with Crippen LogP contribution in [-0.2, 0) is 6.42 Å². The number of aromatic nitrogens is 1. The molecular formula is C16H19ClN2. The summed E-state index contributed by atoms with van der Waals surface area (Å²) in [5.41, 5.74) is 2.57. The van der Waals surface area contributed by atoms with Gasteiger partial charge in [-0.05, 0) is 54.8 Å². The van der Waals surface area contributed by atoms with Gasteiger partial charge in [0.1, 0.15) is 0 Å². The summed E-state index contributed by atoms with van der Waals surface area (Å²) in [4.78, 5) is 4.05. The van der Waals surface area contributed by atoms with Crippen LogP contribution in [0.5, 0.6) is 0 Å². The van der Waals surface area contributed by atoms with Crippen LogP contribution in [0.4, 0.5) is 0 Å². The average Bonchev–Trinajstić information content (AvgIpc) is 2.44. The molecule has 0 radical (unpaired) electrons. The summed E-state index contributed by atoms with van der Waals surface area (Å²) in [6.45, 7) is 3.08. The Morgan fingerprint density at radius 1 is 1.21 bits per heavy atom. The van der Waals surface area contributed by atoms with E-state index in [2.05, 4.69) is 35.4 Å². The summed E-state index contributed by atoms with van der Waals surface area (Å²) in [6, 6.07) is 12.6. The zero-order valence-corrected chi connectivity index (χ0v) is 11.9. The Morgan fingerprint density at radius 2 is 2.00 bits per heavy atom. The van der Waals surface area contributed by atoms with Crippen molar-refractivity contribution in [3.63, 3.8) is 0 Å². The second-order valence-corrected chi connectivity index (χ2v) is 5.00. The molecule has 3 heteroatoms. The van der Waals surface area contributed by atoms with E-state index < -0.39 is 0 Å². The highest BCUT2D eigenvalue weighted by molar-refractivity contribution is 6.30. The summed E-state index contributed by atoms with van der Waals surface area (Å²) in [5, 5.41) is 4.32. The van der Waals surface area contributed by atoms with E-state index in [1.807, 2.05) is 30.6 Å². The minimum atomic E-state index is 0.344. The van der Waals surface area contributed by atoms with E-state index in [1.54, 1.807) is 0 Å². The van der Waals surface area contributed by atoms with Crippen LogP contribution in [0.2, 0.25) is 5.02 Å². The Hall–Kier alpha value is -1.38. The molecule has 100 valence electrons. The van der Waals surface area contributed by atoms with Crippen LogP contribution in [0.25, 0.3) is 0 Å². The number of benzene rings is 1. The molecule has 19 heavy (non-hydrogen) atoms. The first kappa shape index (κ1) is 14.0. The van der Waals surface area contributed by atoms with Gasteiger partial charge in [0.05, 0.1) is 0 Å². The normalized spacial score (nSPS) is 12.3. The fourth-order valence-electron chi connectivity index (χ4n) is 2.22. The number of aryl methyl sites for hydroxylation is 1. The minimum absolute atomic E-state index is 0.344. The van der Waals surface area contributed by atoms with Gasteiger partial charge in [0.2, 0.25) is 0 Å². The fraction of sp³-hybridized carbons (Fsp3) is 0.312. The average molecular weight is 275 g/mol. The van der Waals surface area contributed by atoms with Gasteiger partial charge in [-0.2, -0.15) is 0 Å². The molecule has 0 aliphatic heterocycles. The van der Waals surface area contributed by atoms with Gasteiger partial charge in [-0.1, -0.05) is 30.7 Å². The Kier molecular flexibility index (Phi) is 5.37. The van der Waals surface area contributed by atoms with Gasteiger partial charge in [-0.25, -0.2) is 0 Å². The third kappa shape index (κ3) is 4.34. The number of halogens is 1.